The molecule has 1 unspecified atom stereocenters. The Balaban J connectivity index is 1.74. The molecule has 3 aromatic rings. The molecule has 0 fully saturated rings. The van der Waals surface area contributed by atoms with Gasteiger partial charge >= 0.3 is 0 Å². The molecule has 136 valence electrons. The van der Waals surface area contributed by atoms with Gasteiger partial charge in [-0.1, -0.05) is 35.5 Å². The van der Waals surface area contributed by atoms with E-state index in [0.717, 1.165) is 21.3 Å². The van der Waals surface area contributed by atoms with E-state index in [4.69, 9.17) is 15.9 Å². The van der Waals surface area contributed by atoms with Crippen LogP contribution in [-0.4, -0.2) is 23.2 Å². The average molecular weight is 378 g/mol. The van der Waals surface area contributed by atoms with E-state index in [9.17, 15) is 4.79 Å². The van der Waals surface area contributed by atoms with Crippen LogP contribution in [0.4, 0.5) is 0 Å². The molecule has 6 heteroatoms. The van der Waals surface area contributed by atoms with Gasteiger partial charge < -0.3 is 14.0 Å². The van der Waals surface area contributed by atoms with Gasteiger partial charge in [-0.05, 0) is 43.2 Å². The van der Waals surface area contributed by atoms with Crippen molar-refractivity contribution in [1.29, 1.82) is 0 Å². The molecule has 27 heavy (non-hydrogen) atoms. The second kappa shape index (κ2) is 6.93. The smallest absolute Gasteiger partial charge is 0.292 e. The maximum absolute atomic E-state index is 12.7. The fourth-order valence-electron chi connectivity index (χ4n) is 3.22. The number of ether oxygens (including phenoxy) is 2. The standard InChI is InChI=1S/C21H18N2O3S/c1-4-9-23-19-14(3)10-13(2)11-18(19)27-21(23)22-20(24)17-12-25-15-7-5-6-8-16(15)26-17/h1,5-8,10-11,17H,9,12H2,2-3H3. The normalized spacial score (nSPS) is 16.3. The topological polar surface area (TPSA) is 52.8 Å². The van der Waals surface area contributed by atoms with E-state index in [1.807, 2.05) is 36.6 Å². The van der Waals surface area contributed by atoms with Crippen molar-refractivity contribution in [3.63, 3.8) is 0 Å². The van der Waals surface area contributed by atoms with E-state index < -0.39 is 6.10 Å². The van der Waals surface area contributed by atoms with Gasteiger partial charge in [-0.25, -0.2) is 0 Å². The fraction of sp³-hybridized carbons (Fsp3) is 0.238. The van der Waals surface area contributed by atoms with Crippen LogP contribution >= 0.6 is 11.3 Å². The van der Waals surface area contributed by atoms with Crippen LogP contribution in [0.15, 0.2) is 41.4 Å². The minimum Gasteiger partial charge on any atom is -0.485 e. The van der Waals surface area contributed by atoms with Crippen LogP contribution in [0.25, 0.3) is 10.2 Å². The molecular formula is C21H18N2O3S. The number of hydrogen-bond acceptors (Lipinski definition) is 4. The zero-order chi connectivity index (χ0) is 19.0. The van der Waals surface area contributed by atoms with E-state index in [2.05, 4.69) is 23.0 Å². The predicted octanol–water partition coefficient (Wildman–Crippen LogP) is 3.22. The minimum atomic E-state index is -0.771. The summed E-state index contributed by atoms with van der Waals surface area (Å²) in [6, 6.07) is 11.5. The van der Waals surface area contributed by atoms with E-state index in [-0.39, 0.29) is 12.5 Å². The summed E-state index contributed by atoms with van der Waals surface area (Å²) in [6.45, 7) is 4.57. The number of fused-ring (bicyclic) bond motifs is 2. The van der Waals surface area contributed by atoms with Gasteiger partial charge in [0.15, 0.2) is 16.3 Å². The lowest BCUT2D eigenvalue weighted by atomic mass is 10.1. The molecule has 0 aliphatic carbocycles. The molecule has 0 spiro atoms. The molecule has 1 amide bonds. The highest BCUT2D eigenvalue weighted by molar-refractivity contribution is 7.16. The number of nitrogens with zero attached hydrogens (tertiary/aromatic N) is 2. The number of carbonyl (C=O) groups is 1. The highest BCUT2D eigenvalue weighted by atomic mass is 32.1. The maximum atomic E-state index is 12.7. The largest absolute Gasteiger partial charge is 0.485 e. The van der Waals surface area contributed by atoms with Gasteiger partial charge in [-0.3, -0.25) is 4.79 Å². The van der Waals surface area contributed by atoms with E-state index in [1.54, 1.807) is 6.07 Å². The molecule has 1 aromatic heterocycles. The van der Waals surface area contributed by atoms with Crippen molar-refractivity contribution in [2.24, 2.45) is 4.99 Å². The molecule has 0 saturated heterocycles. The summed E-state index contributed by atoms with van der Waals surface area (Å²) in [5.41, 5.74) is 3.28. The summed E-state index contributed by atoms with van der Waals surface area (Å²) < 4.78 is 14.4. The first kappa shape index (κ1) is 17.4. The van der Waals surface area contributed by atoms with Crippen molar-refractivity contribution >= 4 is 27.5 Å². The van der Waals surface area contributed by atoms with Gasteiger partial charge in [-0.15, -0.1) is 6.42 Å². The first-order valence-electron chi connectivity index (χ1n) is 8.58. The number of benzene rings is 2. The summed E-state index contributed by atoms with van der Waals surface area (Å²) in [5, 5.41) is 0. The van der Waals surface area contributed by atoms with Crippen molar-refractivity contribution in [2.75, 3.05) is 6.61 Å². The van der Waals surface area contributed by atoms with Gasteiger partial charge in [-0.2, -0.15) is 4.99 Å². The molecule has 5 nitrogen and oxygen atoms in total. The van der Waals surface area contributed by atoms with Gasteiger partial charge in [0.1, 0.15) is 6.61 Å². The van der Waals surface area contributed by atoms with Crippen LogP contribution in [0.3, 0.4) is 0 Å². The minimum absolute atomic E-state index is 0.136. The lowest BCUT2D eigenvalue weighted by Crippen LogP contribution is -2.36. The van der Waals surface area contributed by atoms with Crippen LogP contribution in [0.2, 0.25) is 0 Å². The number of amides is 1. The van der Waals surface area contributed by atoms with Crippen molar-refractivity contribution < 1.29 is 14.3 Å². The molecule has 1 aliphatic heterocycles. The number of thiazole rings is 1. The highest BCUT2D eigenvalue weighted by Gasteiger charge is 2.27. The maximum Gasteiger partial charge on any atom is 0.292 e. The summed E-state index contributed by atoms with van der Waals surface area (Å²) >= 11 is 1.45. The molecule has 0 saturated carbocycles. The zero-order valence-electron chi connectivity index (χ0n) is 15.1. The molecule has 1 atom stereocenters. The number of aryl methyl sites for hydroxylation is 2. The molecule has 0 radical (unpaired) electrons. The van der Waals surface area contributed by atoms with Gasteiger partial charge in [0.05, 0.1) is 16.8 Å². The van der Waals surface area contributed by atoms with Crippen LogP contribution in [-0.2, 0) is 11.3 Å². The number of rotatable bonds is 2. The summed E-state index contributed by atoms with van der Waals surface area (Å²) in [6.07, 6.45) is 4.78. The van der Waals surface area contributed by atoms with Crippen LogP contribution in [0, 0.1) is 26.2 Å². The van der Waals surface area contributed by atoms with Gasteiger partial charge in [0.2, 0.25) is 6.10 Å². The van der Waals surface area contributed by atoms with Crippen molar-refractivity contribution in [2.45, 2.75) is 26.5 Å². The van der Waals surface area contributed by atoms with Crippen molar-refractivity contribution in [1.82, 2.24) is 4.57 Å². The third kappa shape index (κ3) is 3.22. The van der Waals surface area contributed by atoms with Crippen molar-refractivity contribution in [3.8, 4) is 23.8 Å². The molecule has 2 heterocycles. The first-order valence-corrected chi connectivity index (χ1v) is 9.39. The summed E-state index contributed by atoms with van der Waals surface area (Å²) in [5.74, 6) is 3.46. The highest BCUT2D eigenvalue weighted by Crippen LogP contribution is 2.31. The Morgan fingerprint density at radius 1 is 1.33 bits per heavy atom. The number of aromatic nitrogens is 1. The van der Waals surface area contributed by atoms with E-state index >= 15 is 0 Å². The quantitative estimate of drug-likeness (QED) is 0.644. The second-order valence-electron chi connectivity index (χ2n) is 6.42. The Bertz CT molecular complexity index is 1150. The SMILES string of the molecule is C#CCn1c(=NC(=O)C2COc3ccccc3O2)sc2cc(C)cc(C)c21. The van der Waals surface area contributed by atoms with Gasteiger partial charge in [0, 0.05) is 0 Å². The Labute approximate surface area is 160 Å². The van der Waals surface area contributed by atoms with Gasteiger partial charge in [0.25, 0.3) is 5.91 Å². The van der Waals surface area contributed by atoms with Crippen LogP contribution in [0.5, 0.6) is 11.5 Å². The Morgan fingerprint density at radius 2 is 2.11 bits per heavy atom. The zero-order valence-corrected chi connectivity index (χ0v) is 15.9. The molecule has 4 rings (SSSR count). The lowest BCUT2D eigenvalue weighted by molar-refractivity contribution is -0.127. The third-order valence-electron chi connectivity index (χ3n) is 4.35. The molecule has 0 N–H and O–H groups in total. The number of para-hydroxylation sites is 2. The fourth-order valence-corrected chi connectivity index (χ4v) is 4.43. The monoisotopic (exact) mass is 378 g/mol. The van der Waals surface area contributed by atoms with Crippen LogP contribution in [0.1, 0.15) is 11.1 Å². The van der Waals surface area contributed by atoms with E-state index in [1.165, 1.54) is 11.3 Å². The third-order valence-corrected chi connectivity index (χ3v) is 5.38. The van der Waals surface area contributed by atoms with E-state index in [0.29, 0.717) is 22.8 Å². The molecular weight excluding hydrogens is 360 g/mol. The van der Waals surface area contributed by atoms with Crippen LogP contribution < -0.4 is 14.3 Å². The Hall–Kier alpha value is -3.04. The molecule has 2 aromatic carbocycles. The number of carbonyl (C=O) groups excluding carboxylic acids is 1. The molecule has 0 bridgehead atoms. The first-order chi connectivity index (χ1) is 13.1. The summed E-state index contributed by atoms with van der Waals surface area (Å²) in [7, 11) is 0. The lowest BCUT2D eigenvalue weighted by Gasteiger charge is -2.23. The number of terminal acetylenes is 1. The Morgan fingerprint density at radius 3 is 2.89 bits per heavy atom. The second-order valence-corrected chi connectivity index (χ2v) is 7.43. The van der Waals surface area contributed by atoms with Crippen molar-refractivity contribution in [3.05, 3.63) is 52.3 Å². The summed E-state index contributed by atoms with van der Waals surface area (Å²) in [4.78, 5) is 17.6. The Kier molecular flexibility index (Phi) is 4.46. The number of hydrogen-bond donors (Lipinski definition) is 0. The average Bonchev–Trinajstić information content (AvgIpc) is 2.98. The molecule has 1 aliphatic rings. The predicted molar refractivity (Wildman–Crippen MR) is 105 cm³/mol.